The van der Waals surface area contributed by atoms with Crippen molar-refractivity contribution in [1.82, 2.24) is 10.2 Å². The largest absolute Gasteiger partial charge is 0.486 e. The lowest BCUT2D eigenvalue weighted by Crippen LogP contribution is -2.50. The Morgan fingerprint density at radius 3 is 2.64 bits per heavy atom. The number of rotatable bonds is 8. The SMILES string of the molecule is CSc1ccc(C(C(N)=O)N2CCC(NCC(O)C3COc4ccc(Cl)cc4O3)CC2)cc1. The zero-order chi connectivity index (χ0) is 23.4. The topological polar surface area (TPSA) is 97.1 Å². The van der Waals surface area contributed by atoms with Crippen LogP contribution in [0.5, 0.6) is 11.5 Å². The van der Waals surface area contributed by atoms with Gasteiger partial charge in [-0.15, -0.1) is 11.8 Å². The van der Waals surface area contributed by atoms with Gasteiger partial charge < -0.3 is 25.6 Å². The van der Waals surface area contributed by atoms with Crippen molar-refractivity contribution in [3.8, 4) is 11.5 Å². The Morgan fingerprint density at radius 1 is 1.24 bits per heavy atom. The summed E-state index contributed by atoms with van der Waals surface area (Å²) in [5, 5.41) is 14.6. The van der Waals surface area contributed by atoms with Gasteiger partial charge >= 0.3 is 0 Å². The lowest BCUT2D eigenvalue weighted by molar-refractivity contribution is -0.124. The Labute approximate surface area is 203 Å². The van der Waals surface area contributed by atoms with Crippen molar-refractivity contribution in [2.75, 3.05) is 32.5 Å². The van der Waals surface area contributed by atoms with Crippen molar-refractivity contribution >= 4 is 29.3 Å². The molecule has 0 radical (unpaired) electrons. The molecular weight excluding hydrogens is 462 g/mol. The lowest BCUT2D eigenvalue weighted by atomic mass is 9.98. The zero-order valence-corrected chi connectivity index (χ0v) is 20.1. The van der Waals surface area contributed by atoms with Gasteiger partial charge in [-0.05, 0) is 48.9 Å². The first kappa shape index (κ1) is 24.2. The molecule has 3 atom stereocenters. The van der Waals surface area contributed by atoms with Crippen LogP contribution in [0.4, 0.5) is 0 Å². The maximum atomic E-state index is 12.2. The maximum Gasteiger partial charge on any atom is 0.239 e. The molecule has 0 bridgehead atoms. The summed E-state index contributed by atoms with van der Waals surface area (Å²) >= 11 is 7.70. The van der Waals surface area contributed by atoms with Crippen LogP contribution in [-0.4, -0.2) is 66.7 Å². The van der Waals surface area contributed by atoms with Gasteiger partial charge in [0.1, 0.15) is 18.8 Å². The predicted octanol–water partition coefficient (Wildman–Crippen LogP) is 2.84. The minimum absolute atomic E-state index is 0.245. The minimum atomic E-state index is -0.719. The van der Waals surface area contributed by atoms with Crippen LogP contribution in [0, 0.1) is 0 Å². The fraction of sp³-hybridized carbons (Fsp3) is 0.458. The standard InChI is InChI=1S/C24H30ClN3O4S/c1-33-18-5-2-15(3-6-18)23(24(26)30)28-10-8-17(9-11-28)27-13-19(29)22-14-31-20-7-4-16(25)12-21(20)32-22/h2-7,12,17,19,22-23,27,29H,8-11,13-14H2,1H3,(H2,26,30). The second kappa shape index (κ2) is 11.0. The van der Waals surface area contributed by atoms with Crippen LogP contribution in [-0.2, 0) is 4.79 Å². The molecule has 4 rings (SSSR count). The van der Waals surface area contributed by atoms with Gasteiger partial charge in [0.05, 0.1) is 0 Å². The van der Waals surface area contributed by atoms with E-state index in [9.17, 15) is 9.90 Å². The zero-order valence-electron chi connectivity index (χ0n) is 18.6. The van der Waals surface area contributed by atoms with Crippen molar-refractivity contribution in [3.05, 3.63) is 53.1 Å². The molecule has 0 saturated carbocycles. The van der Waals surface area contributed by atoms with Gasteiger partial charge in [0.2, 0.25) is 5.91 Å². The first-order chi connectivity index (χ1) is 15.9. The van der Waals surface area contributed by atoms with Crippen molar-refractivity contribution in [2.45, 2.75) is 42.0 Å². The minimum Gasteiger partial charge on any atom is -0.486 e. The van der Waals surface area contributed by atoms with E-state index in [1.807, 2.05) is 30.5 Å². The number of nitrogens with two attached hydrogens (primary N) is 1. The molecule has 1 saturated heterocycles. The van der Waals surface area contributed by atoms with Crippen LogP contribution in [0.3, 0.4) is 0 Å². The van der Waals surface area contributed by atoms with Crippen LogP contribution in [0.15, 0.2) is 47.4 Å². The molecule has 0 aliphatic carbocycles. The van der Waals surface area contributed by atoms with Crippen molar-refractivity contribution in [2.24, 2.45) is 5.73 Å². The van der Waals surface area contributed by atoms with Gasteiger partial charge in [-0.1, -0.05) is 23.7 Å². The van der Waals surface area contributed by atoms with Gasteiger partial charge in [-0.2, -0.15) is 0 Å². The quantitative estimate of drug-likeness (QED) is 0.488. The number of amides is 1. The number of hydrogen-bond acceptors (Lipinski definition) is 7. The smallest absolute Gasteiger partial charge is 0.239 e. The van der Waals surface area contributed by atoms with E-state index < -0.39 is 18.2 Å². The molecule has 0 aromatic heterocycles. The van der Waals surface area contributed by atoms with Gasteiger partial charge in [0.25, 0.3) is 0 Å². The Balaban J connectivity index is 1.27. The molecule has 178 valence electrons. The number of halogens is 1. The van der Waals surface area contributed by atoms with Crippen LogP contribution < -0.4 is 20.5 Å². The summed E-state index contributed by atoms with van der Waals surface area (Å²) in [5.41, 5.74) is 6.69. The first-order valence-electron chi connectivity index (χ1n) is 11.1. The highest BCUT2D eigenvalue weighted by Crippen LogP contribution is 2.34. The lowest BCUT2D eigenvalue weighted by Gasteiger charge is -2.37. The van der Waals surface area contributed by atoms with Crippen LogP contribution in [0.2, 0.25) is 5.02 Å². The molecule has 7 nitrogen and oxygen atoms in total. The first-order valence-corrected chi connectivity index (χ1v) is 12.7. The molecule has 2 aromatic rings. The number of piperidine rings is 1. The maximum absolute atomic E-state index is 12.2. The van der Waals surface area contributed by atoms with E-state index >= 15 is 0 Å². The summed E-state index contributed by atoms with van der Waals surface area (Å²) in [6.07, 6.45) is 2.56. The highest BCUT2D eigenvalue weighted by Gasteiger charge is 2.31. The normalized spacial score (nSPS) is 20.9. The number of hydrogen-bond donors (Lipinski definition) is 3. The fourth-order valence-corrected chi connectivity index (χ4v) is 4.94. The Bertz CT molecular complexity index is 953. The van der Waals surface area contributed by atoms with Gasteiger partial charge in [0.15, 0.2) is 17.6 Å². The molecule has 2 aliphatic heterocycles. The Kier molecular flexibility index (Phi) is 8.03. The second-order valence-corrected chi connectivity index (χ2v) is 9.74. The van der Waals surface area contributed by atoms with E-state index in [0.29, 0.717) is 23.1 Å². The number of nitrogens with zero attached hydrogens (tertiary/aromatic N) is 1. The number of aliphatic hydroxyl groups is 1. The molecular formula is C24H30ClN3O4S. The van der Waals surface area contributed by atoms with Crippen molar-refractivity contribution < 1.29 is 19.4 Å². The summed E-state index contributed by atoms with van der Waals surface area (Å²) in [7, 11) is 0. The van der Waals surface area contributed by atoms with E-state index in [-0.39, 0.29) is 18.6 Å². The third-order valence-corrected chi connectivity index (χ3v) is 7.21. The van der Waals surface area contributed by atoms with Crippen molar-refractivity contribution in [1.29, 1.82) is 0 Å². The van der Waals surface area contributed by atoms with E-state index in [2.05, 4.69) is 10.2 Å². The molecule has 9 heteroatoms. The highest BCUT2D eigenvalue weighted by atomic mass is 35.5. The number of primary amides is 1. The highest BCUT2D eigenvalue weighted by molar-refractivity contribution is 7.98. The average Bonchev–Trinajstić information content (AvgIpc) is 2.83. The molecule has 2 heterocycles. The second-order valence-electron chi connectivity index (χ2n) is 8.42. The summed E-state index contributed by atoms with van der Waals surface area (Å²) in [5.74, 6) is 0.855. The number of ether oxygens (including phenoxy) is 2. The summed E-state index contributed by atoms with van der Waals surface area (Å²) in [6.45, 7) is 2.18. The summed E-state index contributed by atoms with van der Waals surface area (Å²) in [6, 6.07) is 13.0. The Morgan fingerprint density at radius 2 is 1.97 bits per heavy atom. The van der Waals surface area contributed by atoms with Crippen LogP contribution in [0.1, 0.15) is 24.4 Å². The summed E-state index contributed by atoms with van der Waals surface area (Å²) in [4.78, 5) is 15.5. The van der Waals surface area contributed by atoms with E-state index in [4.69, 9.17) is 26.8 Å². The third-order valence-electron chi connectivity index (χ3n) is 6.23. The molecule has 3 unspecified atom stereocenters. The number of nitrogens with one attached hydrogen (secondary N) is 1. The number of fused-ring (bicyclic) bond motifs is 1. The van der Waals surface area contributed by atoms with E-state index in [1.165, 1.54) is 0 Å². The predicted molar refractivity (Wildman–Crippen MR) is 130 cm³/mol. The molecule has 33 heavy (non-hydrogen) atoms. The molecule has 2 aromatic carbocycles. The molecule has 2 aliphatic rings. The Hall–Kier alpha value is -1.97. The van der Waals surface area contributed by atoms with Gasteiger partial charge in [-0.25, -0.2) is 0 Å². The molecule has 1 fully saturated rings. The number of likely N-dealkylation sites (tertiary alicyclic amines) is 1. The molecule has 0 spiro atoms. The van der Waals surface area contributed by atoms with Gasteiger partial charge in [-0.3, -0.25) is 9.69 Å². The van der Waals surface area contributed by atoms with Gasteiger partial charge in [0, 0.05) is 41.7 Å². The summed E-state index contributed by atoms with van der Waals surface area (Å²) < 4.78 is 11.6. The fourth-order valence-electron chi connectivity index (χ4n) is 4.37. The van der Waals surface area contributed by atoms with E-state index in [1.54, 1.807) is 30.0 Å². The molecule has 4 N–H and O–H groups in total. The van der Waals surface area contributed by atoms with Crippen molar-refractivity contribution in [3.63, 3.8) is 0 Å². The number of benzene rings is 2. The van der Waals surface area contributed by atoms with Crippen LogP contribution in [0.25, 0.3) is 0 Å². The number of aliphatic hydroxyl groups excluding tert-OH is 1. The number of carbonyl (C=O) groups excluding carboxylic acids is 1. The molecule has 1 amide bonds. The number of thioether (sulfide) groups is 1. The monoisotopic (exact) mass is 491 g/mol. The van der Waals surface area contributed by atoms with Crippen LogP contribution >= 0.6 is 23.4 Å². The average molecular weight is 492 g/mol. The van der Waals surface area contributed by atoms with E-state index in [0.717, 1.165) is 36.4 Å². The third kappa shape index (κ3) is 5.94. The number of carbonyl (C=O) groups is 1.